The van der Waals surface area contributed by atoms with Crippen molar-refractivity contribution in [3.63, 3.8) is 0 Å². The number of Topliss-reactive ketones (excluding diaryl/α,β-unsaturated/α-hetero) is 1. The molecule has 1 aliphatic heterocycles. The Morgan fingerprint density at radius 1 is 0.846 bits per heavy atom. The second-order valence-corrected chi connectivity index (χ2v) is 7.42. The Bertz CT molecular complexity index is 677. The van der Waals surface area contributed by atoms with Crippen LogP contribution in [-0.4, -0.2) is 48.3 Å². The first-order valence-corrected chi connectivity index (χ1v) is 9.56. The van der Waals surface area contributed by atoms with Crippen LogP contribution in [0, 0.1) is 3.57 Å². The van der Waals surface area contributed by atoms with Crippen molar-refractivity contribution in [2.75, 3.05) is 32.7 Å². The lowest BCUT2D eigenvalue weighted by molar-refractivity contribution is 0.0922. The molecular weight excluding hydrogens is 482 g/mol. The summed E-state index contributed by atoms with van der Waals surface area (Å²) in [5, 5.41) is 0. The molecule has 0 spiro atoms. The van der Waals surface area contributed by atoms with Gasteiger partial charge in [-0.25, -0.2) is 0 Å². The number of halogens is 3. The monoisotopic (exact) mass is 506 g/mol. The van der Waals surface area contributed by atoms with E-state index < -0.39 is 0 Å². The van der Waals surface area contributed by atoms with Gasteiger partial charge in [-0.3, -0.25) is 9.69 Å². The molecule has 0 saturated carbocycles. The summed E-state index contributed by atoms with van der Waals surface area (Å²) in [6.07, 6.45) is 0.610. The van der Waals surface area contributed by atoms with Crippen LogP contribution in [0.25, 0.3) is 0 Å². The smallest absolute Gasteiger partial charge is 0.165 e. The number of hydrogen-bond acceptors (Lipinski definition) is 3. The van der Waals surface area contributed by atoms with E-state index in [1.807, 2.05) is 24.3 Å². The van der Waals surface area contributed by atoms with E-state index in [1.54, 1.807) is 0 Å². The molecule has 0 aliphatic carbocycles. The number of carbonyl (C=O) groups is 1. The maximum Gasteiger partial charge on any atom is 0.165 e. The van der Waals surface area contributed by atoms with Crippen molar-refractivity contribution in [2.45, 2.75) is 13.0 Å². The van der Waals surface area contributed by atoms with Crippen LogP contribution in [0.5, 0.6) is 0 Å². The summed E-state index contributed by atoms with van der Waals surface area (Å²) in [4.78, 5) is 17.3. The Kier molecular flexibility index (Phi) is 10.7. The number of carbonyl (C=O) groups excluding carboxylic acids is 1. The molecule has 0 atom stereocenters. The molecule has 26 heavy (non-hydrogen) atoms. The predicted molar refractivity (Wildman–Crippen MR) is 121 cm³/mol. The van der Waals surface area contributed by atoms with Gasteiger partial charge in [0.2, 0.25) is 0 Å². The topological polar surface area (TPSA) is 23.6 Å². The quantitative estimate of drug-likeness (QED) is 0.425. The number of hydrogen-bond donors (Lipinski definition) is 0. The number of nitrogens with zero attached hydrogens (tertiary/aromatic N) is 2. The molecule has 1 fully saturated rings. The van der Waals surface area contributed by atoms with Crippen LogP contribution in [-0.2, 0) is 6.54 Å². The maximum atomic E-state index is 12.4. The van der Waals surface area contributed by atoms with Gasteiger partial charge in [-0.1, -0.05) is 48.5 Å². The second kappa shape index (κ2) is 11.9. The van der Waals surface area contributed by atoms with Crippen LogP contribution in [0.1, 0.15) is 22.3 Å². The third-order valence-electron chi connectivity index (χ3n) is 4.54. The summed E-state index contributed by atoms with van der Waals surface area (Å²) < 4.78 is 1.05. The normalized spacial score (nSPS) is 15.0. The van der Waals surface area contributed by atoms with Crippen molar-refractivity contribution < 1.29 is 4.79 Å². The van der Waals surface area contributed by atoms with E-state index in [-0.39, 0.29) is 30.6 Å². The Balaban J connectivity index is 0.00000169. The molecule has 3 rings (SSSR count). The fourth-order valence-corrected chi connectivity index (χ4v) is 3.78. The highest BCUT2D eigenvalue weighted by atomic mass is 127. The minimum atomic E-state index is 0. The fraction of sp³-hybridized carbons (Fsp3) is 0.350. The molecule has 1 heterocycles. The summed E-state index contributed by atoms with van der Waals surface area (Å²) in [6.45, 7) is 6.13. The van der Waals surface area contributed by atoms with Gasteiger partial charge in [0.1, 0.15) is 0 Å². The third-order valence-corrected chi connectivity index (χ3v) is 5.48. The number of ketones is 1. The van der Waals surface area contributed by atoms with E-state index in [2.05, 4.69) is 62.7 Å². The molecule has 0 aromatic heterocycles. The van der Waals surface area contributed by atoms with Gasteiger partial charge in [0.25, 0.3) is 0 Å². The largest absolute Gasteiger partial charge is 0.300 e. The molecule has 0 N–H and O–H groups in total. The summed E-state index contributed by atoms with van der Waals surface area (Å²) >= 11 is 2.24. The molecular formula is C20H25Cl2IN2O. The maximum absolute atomic E-state index is 12.4. The summed E-state index contributed by atoms with van der Waals surface area (Å²) in [6, 6.07) is 18.5. The molecule has 1 saturated heterocycles. The van der Waals surface area contributed by atoms with E-state index >= 15 is 0 Å². The summed E-state index contributed by atoms with van der Waals surface area (Å²) in [5.41, 5.74) is 2.24. The first kappa shape index (κ1) is 23.4. The minimum Gasteiger partial charge on any atom is -0.300 e. The van der Waals surface area contributed by atoms with E-state index in [4.69, 9.17) is 0 Å². The molecule has 0 amide bonds. The second-order valence-electron chi connectivity index (χ2n) is 6.26. The molecule has 1 aliphatic rings. The summed E-state index contributed by atoms with van der Waals surface area (Å²) in [7, 11) is 0. The van der Waals surface area contributed by atoms with E-state index in [9.17, 15) is 4.79 Å². The van der Waals surface area contributed by atoms with Gasteiger partial charge in [0.05, 0.1) is 0 Å². The lowest BCUT2D eigenvalue weighted by Crippen LogP contribution is -2.46. The SMILES string of the molecule is Cl.Cl.O=C(CCN1CCN(Cc2ccccc2)CC1)c1ccccc1I. The van der Waals surface area contributed by atoms with Crippen LogP contribution < -0.4 is 0 Å². The van der Waals surface area contributed by atoms with E-state index in [0.29, 0.717) is 6.42 Å². The number of benzene rings is 2. The highest BCUT2D eigenvalue weighted by Crippen LogP contribution is 2.14. The van der Waals surface area contributed by atoms with Crippen LogP contribution in [0.2, 0.25) is 0 Å². The molecule has 0 radical (unpaired) electrons. The van der Waals surface area contributed by atoms with Crippen molar-refractivity contribution in [2.24, 2.45) is 0 Å². The van der Waals surface area contributed by atoms with Crippen molar-refractivity contribution >= 4 is 53.2 Å². The fourth-order valence-electron chi connectivity index (χ4n) is 3.09. The average Bonchev–Trinajstić information content (AvgIpc) is 2.62. The molecule has 0 bridgehead atoms. The van der Waals surface area contributed by atoms with Gasteiger partial charge < -0.3 is 4.90 Å². The lowest BCUT2D eigenvalue weighted by Gasteiger charge is -2.34. The van der Waals surface area contributed by atoms with Gasteiger partial charge in [0, 0.05) is 54.8 Å². The van der Waals surface area contributed by atoms with Crippen LogP contribution >= 0.6 is 47.4 Å². The van der Waals surface area contributed by atoms with Gasteiger partial charge in [-0.15, -0.1) is 24.8 Å². The van der Waals surface area contributed by atoms with Crippen LogP contribution in [0.15, 0.2) is 54.6 Å². The Morgan fingerprint density at radius 2 is 1.42 bits per heavy atom. The van der Waals surface area contributed by atoms with Gasteiger partial charge >= 0.3 is 0 Å². The Hall–Kier alpha value is -0.660. The van der Waals surface area contributed by atoms with Gasteiger partial charge in [0.15, 0.2) is 5.78 Å². The third kappa shape index (κ3) is 6.82. The standard InChI is InChI=1S/C20H23IN2O.2ClH/c21-19-9-5-4-8-18(19)20(24)10-11-22-12-14-23(15-13-22)16-17-6-2-1-3-7-17;;/h1-9H,10-16H2;2*1H. The average molecular weight is 507 g/mol. The zero-order chi connectivity index (χ0) is 16.8. The minimum absolute atomic E-state index is 0. The van der Waals surface area contributed by atoms with Crippen molar-refractivity contribution in [1.29, 1.82) is 0 Å². The zero-order valence-electron chi connectivity index (χ0n) is 14.6. The van der Waals surface area contributed by atoms with Crippen molar-refractivity contribution in [1.82, 2.24) is 9.80 Å². The molecule has 3 nitrogen and oxygen atoms in total. The highest BCUT2D eigenvalue weighted by Gasteiger charge is 2.18. The number of piperazine rings is 1. The summed E-state index contributed by atoms with van der Waals surface area (Å²) in [5.74, 6) is 0.256. The first-order valence-electron chi connectivity index (χ1n) is 8.49. The zero-order valence-corrected chi connectivity index (χ0v) is 18.4. The molecule has 142 valence electrons. The molecule has 0 unspecified atom stereocenters. The van der Waals surface area contributed by atoms with Crippen molar-refractivity contribution in [3.8, 4) is 0 Å². The van der Waals surface area contributed by atoms with Gasteiger partial charge in [-0.2, -0.15) is 0 Å². The lowest BCUT2D eigenvalue weighted by atomic mass is 10.1. The number of rotatable bonds is 6. The molecule has 6 heteroatoms. The molecule has 2 aromatic carbocycles. The predicted octanol–water partition coefficient (Wildman–Crippen LogP) is 4.53. The van der Waals surface area contributed by atoms with E-state index in [1.165, 1.54) is 5.56 Å². The highest BCUT2D eigenvalue weighted by molar-refractivity contribution is 14.1. The molecule has 2 aromatic rings. The van der Waals surface area contributed by atoms with Gasteiger partial charge in [-0.05, 0) is 34.2 Å². The Labute approximate surface area is 182 Å². The van der Waals surface area contributed by atoms with Crippen molar-refractivity contribution in [3.05, 3.63) is 69.3 Å². The van der Waals surface area contributed by atoms with Crippen LogP contribution in [0.3, 0.4) is 0 Å². The first-order chi connectivity index (χ1) is 11.7. The Morgan fingerprint density at radius 3 is 2.08 bits per heavy atom. The van der Waals surface area contributed by atoms with E-state index in [0.717, 1.165) is 48.4 Å². The van der Waals surface area contributed by atoms with Crippen LogP contribution in [0.4, 0.5) is 0 Å².